The lowest BCUT2D eigenvalue weighted by molar-refractivity contribution is -0.0789. The summed E-state index contributed by atoms with van der Waals surface area (Å²) in [6.07, 6.45) is 3.42. The van der Waals surface area contributed by atoms with Crippen molar-refractivity contribution in [2.24, 2.45) is 5.10 Å². The Balaban J connectivity index is 2.70. The predicted octanol–water partition coefficient (Wildman–Crippen LogP) is 1.74. The normalized spacial score (nSPS) is 15.8. The first-order valence-electron chi connectivity index (χ1n) is 5.94. The second-order valence-corrected chi connectivity index (χ2v) is 5.97. The van der Waals surface area contributed by atoms with Crippen LogP contribution in [0.3, 0.4) is 0 Å². The van der Waals surface area contributed by atoms with Crippen LogP contribution >= 0.6 is 0 Å². The second kappa shape index (κ2) is 6.78. The lowest BCUT2D eigenvalue weighted by Gasteiger charge is -2.26. The molecule has 1 aliphatic rings. The highest BCUT2D eigenvalue weighted by atomic mass is 32.2. The van der Waals surface area contributed by atoms with Gasteiger partial charge in [-0.05, 0) is 6.42 Å². The van der Waals surface area contributed by atoms with Crippen molar-refractivity contribution in [3.63, 3.8) is 0 Å². The third kappa shape index (κ3) is 5.13. The van der Waals surface area contributed by atoms with Crippen molar-refractivity contribution in [3.05, 3.63) is 12.3 Å². The maximum Gasteiger partial charge on any atom is 0.523 e. The maximum atomic E-state index is 13.6. The second-order valence-electron chi connectivity index (χ2n) is 4.37. The summed E-state index contributed by atoms with van der Waals surface area (Å²) in [4.78, 5) is 12.8. The molecule has 23 heavy (non-hydrogen) atoms. The fourth-order valence-electron chi connectivity index (χ4n) is 1.47. The van der Waals surface area contributed by atoms with Crippen LogP contribution in [-0.4, -0.2) is 62.2 Å². The topological polar surface area (TPSA) is 79.3 Å². The van der Waals surface area contributed by atoms with Crippen LogP contribution in [0.1, 0.15) is 6.42 Å². The molecule has 2 amide bonds. The van der Waals surface area contributed by atoms with Gasteiger partial charge in [-0.2, -0.15) is 26.7 Å². The van der Waals surface area contributed by atoms with Crippen LogP contribution in [0.15, 0.2) is 17.4 Å². The van der Waals surface area contributed by atoms with Crippen molar-refractivity contribution in [2.45, 2.75) is 17.9 Å². The van der Waals surface area contributed by atoms with E-state index in [-0.39, 0.29) is 11.6 Å². The Morgan fingerprint density at radius 2 is 1.96 bits per heavy atom. The van der Waals surface area contributed by atoms with Gasteiger partial charge in [0, 0.05) is 19.5 Å². The zero-order chi connectivity index (χ0) is 17.9. The van der Waals surface area contributed by atoms with Crippen LogP contribution in [0.25, 0.3) is 0 Å². The van der Waals surface area contributed by atoms with Crippen LogP contribution < -0.4 is 0 Å². The Labute approximate surface area is 128 Å². The zero-order valence-corrected chi connectivity index (χ0v) is 12.3. The molecule has 0 unspecified atom stereocenters. The molecule has 0 aromatic heterocycles. The van der Waals surface area contributed by atoms with E-state index in [0.29, 0.717) is 6.42 Å². The molecule has 0 saturated heterocycles. The fourth-order valence-corrected chi connectivity index (χ4v) is 1.93. The number of alkyl halides is 5. The van der Waals surface area contributed by atoms with Gasteiger partial charge in [0.15, 0.2) is 0 Å². The quantitative estimate of drug-likeness (QED) is 0.236. The van der Waals surface area contributed by atoms with E-state index in [1.165, 1.54) is 6.20 Å². The molecule has 0 aromatic rings. The van der Waals surface area contributed by atoms with Crippen LogP contribution in [0.2, 0.25) is 0 Å². The number of hydrogen-bond donors (Lipinski definition) is 0. The molecule has 0 atom stereocenters. The standard InChI is InChI=1S/C10H12F5N3O4S/c1-16-18(8(19)17-4-2-3-5-17)6-9(11,12)7-22-23(20,21)10(13,14)15/h2,4H,1,3,5-7H2. The van der Waals surface area contributed by atoms with Gasteiger partial charge in [-0.15, -0.1) is 0 Å². The zero-order valence-electron chi connectivity index (χ0n) is 11.5. The van der Waals surface area contributed by atoms with E-state index < -0.39 is 40.7 Å². The Kier molecular flexibility index (Phi) is 5.69. The summed E-state index contributed by atoms with van der Waals surface area (Å²) < 4.78 is 87.6. The van der Waals surface area contributed by atoms with Gasteiger partial charge in [0.1, 0.15) is 13.2 Å². The van der Waals surface area contributed by atoms with Gasteiger partial charge in [-0.3, -0.25) is 9.08 Å². The average molecular weight is 365 g/mol. The molecule has 0 fully saturated rings. The SMILES string of the molecule is C=NN(CC(F)(F)COS(=O)(=O)C(F)(F)F)C(=O)N1C=CCC1. The van der Waals surface area contributed by atoms with E-state index >= 15 is 0 Å². The summed E-state index contributed by atoms with van der Waals surface area (Å²) in [5.74, 6) is -4.10. The van der Waals surface area contributed by atoms with E-state index in [0.717, 1.165) is 4.90 Å². The largest absolute Gasteiger partial charge is 0.523 e. The molecule has 1 aliphatic heterocycles. The number of amides is 2. The van der Waals surface area contributed by atoms with E-state index in [1.807, 2.05) is 0 Å². The summed E-state index contributed by atoms with van der Waals surface area (Å²) in [5, 5.41) is 3.27. The van der Waals surface area contributed by atoms with E-state index in [4.69, 9.17) is 0 Å². The van der Waals surface area contributed by atoms with Crippen molar-refractivity contribution in [2.75, 3.05) is 19.7 Å². The average Bonchev–Trinajstić information content (AvgIpc) is 2.95. The van der Waals surface area contributed by atoms with Gasteiger partial charge in [0.25, 0.3) is 5.92 Å². The molecular formula is C10H12F5N3O4S. The van der Waals surface area contributed by atoms with Gasteiger partial charge in [0.05, 0.1) is 0 Å². The van der Waals surface area contributed by atoms with Crippen LogP contribution in [0.5, 0.6) is 0 Å². The molecule has 1 rings (SSSR count). The highest BCUT2D eigenvalue weighted by Gasteiger charge is 2.49. The number of rotatable bonds is 6. The summed E-state index contributed by atoms with van der Waals surface area (Å²) in [7, 11) is -6.16. The lowest BCUT2D eigenvalue weighted by Crippen LogP contribution is -2.45. The molecule has 0 radical (unpaired) electrons. The molecule has 132 valence electrons. The first kappa shape index (κ1) is 19.3. The number of halogens is 5. The molecule has 0 bridgehead atoms. The predicted molar refractivity (Wildman–Crippen MR) is 68.0 cm³/mol. The Bertz CT molecular complexity index is 590. The van der Waals surface area contributed by atoms with Crippen LogP contribution in [0, 0.1) is 0 Å². The monoisotopic (exact) mass is 365 g/mol. The molecule has 0 aliphatic carbocycles. The number of hydrogen-bond acceptors (Lipinski definition) is 5. The van der Waals surface area contributed by atoms with Gasteiger partial charge >= 0.3 is 21.7 Å². The van der Waals surface area contributed by atoms with Gasteiger partial charge < -0.3 is 0 Å². The van der Waals surface area contributed by atoms with Crippen molar-refractivity contribution >= 4 is 22.9 Å². The van der Waals surface area contributed by atoms with Gasteiger partial charge in [0.2, 0.25) is 0 Å². The van der Waals surface area contributed by atoms with Crippen molar-refractivity contribution < 1.29 is 39.3 Å². The first-order chi connectivity index (χ1) is 10.4. The molecule has 0 saturated carbocycles. The highest BCUT2D eigenvalue weighted by molar-refractivity contribution is 7.87. The molecule has 13 heteroatoms. The van der Waals surface area contributed by atoms with Gasteiger partial charge in [-0.25, -0.2) is 18.6 Å². The lowest BCUT2D eigenvalue weighted by atomic mass is 10.3. The van der Waals surface area contributed by atoms with E-state index in [1.54, 1.807) is 6.08 Å². The number of nitrogens with zero attached hydrogens (tertiary/aromatic N) is 3. The number of carbonyl (C=O) groups excluding carboxylic acids is 1. The molecule has 0 spiro atoms. The molecule has 1 heterocycles. The number of carbonyl (C=O) groups is 1. The fraction of sp³-hybridized carbons (Fsp3) is 0.600. The third-order valence-corrected chi connectivity index (χ3v) is 3.54. The Morgan fingerprint density at radius 3 is 2.39 bits per heavy atom. The summed E-state index contributed by atoms with van der Waals surface area (Å²) in [5.41, 5.74) is -5.82. The number of hydrazone groups is 1. The minimum absolute atomic E-state index is 0.208. The smallest absolute Gasteiger partial charge is 0.300 e. The van der Waals surface area contributed by atoms with Crippen molar-refractivity contribution in [3.8, 4) is 0 Å². The summed E-state index contributed by atoms with van der Waals surface area (Å²) in [6.45, 7) is -0.451. The van der Waals surface area contributed by atoms with Crippen molar-refractivity contribution in [1.29, 1.82) is 0 Å². The first-order valence-corrected chi connectivity index (χ1v) is 7.35. The molecule has 7 nitrogen and oxygen atoms in total. The number of urea groups is 1. The minimum atomic E-state index is -6.16. The summed E-state index contributed by atoms with van der Waals surface area (Å²) >= 11 is 0. The third-order valence-electron chi connectivity index (χ3n) is 2.55. The Hall–Kier alpha value is -1.76. The van der Waals surface area contributed by atoms with E-state index in [2.05, 4.69) is 16.0 Å². The van der Waals surface area contributed by atoms with Crippen LogP contribution in [0.4, 0.5) is 26.7 Å². The van der Waals surface area contributed by atoms with Gasteiger partial charge in [-0.1, -0.05) is 6.08 Å². The summed E-state index contributed by atoms with van der Waals surface area (Å²) in [6, 6.07) is -0.980. The van der Waals surface area contributed by atoms with Crippen molar-refractivity contribution in [1.82, 2.24) is 9.91 Å². The van der Waals surface area contributed by atoms with Crippen LogP contribution in [-0.2, 0) is 14.3 Å². The highest BCUT2D eigenvalue weighted by Crippen LogP contribution is 2.27. The van der Waals surface area contributed by atoms with E-state index in [9.17, 15) is 35.2 Å². The maximum absolute atomic E-state index is 13.6. The minimum Gasteiger partial charge on any atom is -0.300 e. The molecule has 0 aromatic carbocycles. The molecule has 0 N–H and O–H groups in total. The Morgan fingerprint density at radius 1 is 1.35 bits per heavy atom. The molecular weight excluding hydrogens is 353 g/mol.